The van der Waals surface area contributed by atoms with E-state index in [9.17, 15) is 5.26 Å². The number of hydrogen-bond donors (Lipinski definition) is 0. The van der Waals surface area contributed by atoms with Gasteiger partial charge in [0.15, 0.2) is 0 Å². The van der Waals surface area contributed by atoms with E-state index < -0.39 is 0 Å². The minimum Gasteiger partial charge on any atom is -0.378 e. The van der Waals surface area contributed by atoms with Gasteiger partial charge in [-0.3, -0.25) is 0 Å². The van der Waals surface area contributed by atoms with Crippen molar-refractivity contribution in [2.75, 3.05) is 6.61 Å². The molecular formula is C24H25NO. The van der Waals surface area contributed by atoms with Crippen molar-refractivity contribution in [3.63, 3.8) is 0 Å². The zero-order valence-corrected chi connectivity index (χ0v) is 15.4. The topological polar surface area (TPSA) is 33.0 Å². The number of nitrogens with zero attached hydrogens (tertiary/aromatic N) is 1. The maximum atomic E-state index is 9.28. The summed E-state index contributed by atoms with van der Waals surface area (Å²) in [6.07, 6.45) is 7.94. The van der Waals surface area contributed by atoms with Crippen molar-refractivity contribution in [2.24, 2.45) is 0 Å². The molecule has 26 heavy (non-hydrogen) atoms. The lowest BCUT2D eigenvalue weighted by molar-refractivity contribution is 0.0369. The summed E-state index contributed by atoms with van der Waals surface area (Å²) in [5.74, 6) is 0. The van der Waals surface area contributed by atoms with Crippen LogP contribution in [0, 0.1) is 11.3 Å². The largest absolute Gasteiger partial charge is 0.378 e. The van der Waals surface area contributed by atoms with Crippen LogP contribution in [0.4, 0.5) is 0 Å². The first-order chi connectivity index (χ1) is 12.7. The van der Waals surface area contributed by atoms with Crippen LogP contribution in [0.1, 0.15) is 48.4 Å². The fourth-order valence-corrected chi connectivity index (χ4v) is 4.85. The van der Waals surface area contributed by atoms with Crippen LogP contribution < -0.4 is 0 Å². The lowest BCUT2D eigenvalue weighted by Crippen LogP contribution is -2.41. The molecule has 2 aliphatic carbocycles. The number of rotatable bonds is 4. The summed E-state index contributed by atoms with van der Waals surface area (Å²) in [7, 11) is 0. The van der Waals surface area contributed by atoms with Gasteiger partial charge in [0, 0.05) is 12.0 Å². The summed E-state index contributed by atoms with van der Waals surface area (Å²) < 4.78 is 5.97. The zero-order chi connectivity index (χ0) is 18.0. The van der Waals surface area contributed by atoms with Gasteiger partial charge in [-0.25, -0.2) is 0 Å². The molecule has 0 N–H and O–H groups in total. The lowest BCUT2D eigenvalue weighted by Gasteiger charge is -2.46. The minimum atomic E-state index is 0.0521. The fourth-order valence-electron chi connectivity index (χ4n) is 4.85. The number of hydrogen-bond acceptors (Lipinski definition) is 2. The third-order valence-corrected chi connectivity index (χ3v) is 6.02. The van der Waals surface area contributed by atoms with Gasteiger partial charge < -0.3 is 4.74 Å². The van der Waals surface area contributed by atoms with Crippen molar-refractivity contribution in [3.05, 3.63) is 82.4 Å². The van der Waals surface area contributed by atoms with E-state index in [1.54, 1.807) is 0 Å². The Hall–Kier alpha value is -2.37. The molecular weight excluding hydrogens is 318 g/mol. The van der Waals surface area contributed by atoms with Crippen molar-refractivity contribution in [1.29, 1.82) is 5.26 Å². The van der Waals surface area contributed by atoms with Crippen molar-refractivity contribution >= 4 is 0 Å². The Morgan fingerprint density at radius 3 is 2.81 bits per heavy atom. The van der Waals surface area contributed by atoms with Crippen LogP contribution in [0.15, 0.2) is 60.2 Å². The molecule has 0 bridgehead atoms. The molecule has 2 heteroatoms. The molecule has 2 aromatic carbocycles. The average Bonchev–Trinajstić information content (AvgIpc) is 2.69. The Balaban J connectivity index is 1.78. The molecule has 0 spiro atoms. The second-order valence-electron chi connectivity index (χ2n) is 7.48. The summed E-state index contributed by atoms with van der Waals surface area (Å²) in [4.78, 5) is 0. The van der Waals surface area contributed by atoms with Gasteiger partial charge in [-0.2, -0.15) is 5.26 Å². The Kier molecular flexibility index (Phi) is 4.66. The van der Waals surface area contributed by atoms with Gasteiger partial charge in [-0.15, -0.1) is 0 Å². The number of ether oxygens (including phenoxy) is 1. The third kappa shape index (κ3) is 2.97. The lowest BCUT2D eigenvalue weighted by atomic mass is 9.59. The molecule has 0 aliphatic heterocycles. The molecule has 1 saturated carbocycles. The van der Waals surface area contributed by atoms with Crippen LogP contribution in [-0.4, -0.2) is 12.7 Å². The number of fused-ring (bicyclic) bond motifs is 3. The molecule has 0 aromatic heterocycles. The first-order valence-electron chi connectivity index (χ1n) is 9.63. The molecule has 0 radical (unpaired) electrons. The average molecular weight is 343 g/mol. The standard InChI is InChI=1S/C24H25NO/c1-2-26-22-12-13-24(16-18-6-4-3-5-7-18)21(15-22)10-9-20-14-19(17-25)8-11-23(20)24/h3-8,10-11,14,22H,2,9,12-13,15-16H2,1H3/t22-,24-/m0/s1. The molecule has 0 heterocycles. The van der Waals surface area contributed by atoms with E-state index in [2.05, 4.69) is 61.5 Å². The first-order valence-corrected chi connectivity index (χ1v) is 9.63. The SMILES string of the molecule is CCO[C@H]1CC[C@]2(Cc3ccccc3)C(=CCc3cc(C#N)ccc32)C1. The Labute approximate surface area is 156 Å². The van der Waals surface area contributed by atoms with Crippen LogP contribution in [-0.2, 0) is 23.0 Å². The van der Waals surface area contributed by atoms with Crippen molar-refractivity contribution in [1.82, 2.24) is 0 Å². The molecule has 1 fully saturated rings. The van der Waals surface area contributed by atoms with Gasteiger partial charge in [-0.1, -0.05) is 48.0 Å². The van der Waals surface area contributed by atoms with Crippen molar-refractivity contribution in [2.45, 2.75) is 50.5 Å². The summed E-state index contributed by atoms with van der Waals surface area (Å²) in [6, 6.07) is 19.4. The molecule has 132 valence electrons. The second-order valence-corrected chi connectivity index (χ2v) is 7.48. The Morgan fingerprint density at radius 1 is 1.19 bits per heavy atom. The molecule has 2 aromatic rings. The van der Waals surface area contributed by atoms with Gasteiger partial charge in [0.25, 0.3) is 0 Å². The van der Waals surface area contributed by atoms with E-state index in [0.29, 0.717) is 6.10 Å². The highest BCUT2D eigenvalue weighted by Crippen LogP contribution is 2.50. The zero-order valence-electron chi connectivity index (χ0n) is 15.4. The van der Waals surface area contributed by atoms with Gasteiger partial charge in [0.05, 0.1) is 17.7 Å². The fraction of sp³-hybridized carbons (Fsp3) is 0.375. The van der Waals surface area contributed by atoms with E-state index in [1.165, 1.54) is 22.3 Å². The molecule has 2 aliphatic rings. The van der Waals surface area contributed by atoms with Gasteiger partial charge in [0.1, 0.15) is 0 Å². The molecule has 0 unspecified atom stereocenters. The van der Waals surface area contributed by atoms with Crippen molar-refractivity contribution < 1.29 is 4.74 Å². The smallest absolute Gasteiger partial charge is 0.0991 e. The predicted octanol–water partition coefficient (Wildman–Crippen LogP) is 5.11. The quantitative estimate of drug-likeness (QED) is 0.723. The predicted molar refractivity (Wildman–Crippen MR) is 104 cm³/mol. The van der Waals surface area contributed by atoms with Gasteiger partial charge in [-0.05, 0) is 67.9 Å². The number of allylic oxidation sites excluding steroid dienone is 1. The normalized spacial score (nSPS) is 24.2. The molecule has 2 nitrogen and oxygen atoms in total. The van der Waals surface area contributed by atoms with E-state index in [-0.39, 0.29) is 5.41 Å². The van der Waals surface area contributed by atoms with Crippen LogP contribution in [0.3, 0.4) is 0 Å². The highest BCUT2D eigenvalue weighted by molar-refractivity contribution is 5.52. The second kappa shape index (κ2) is 7.09. The Bertz CT molecular complexity index is 862. The molecule has 2 atom stereocenters. The third-order valence-electron chi connectivity index (χ3n) is 6.02. The summed E-state index contributed by atoms with van der Waals surface area (Å²) in [6.45, 7) is 2.87. The van der Waals surface area contributed by atoms with Crippen molar-refractivity contribution in [3.8, 4) is 6.07 Å². The first kappa shape index (κ1) is 17.1. The summed E-state index contributed by atoms with van der Waals surface area (Å²) in [5.41, 5.74) is 6.47. The number of benzene rings is 2. The van der Waals surface area contributed by atoms with Crippen LogP contribution in [0.25, 0.3) is 0 Å². The minimum absolute atomic E-state index is 0.0521. The highest BCUT2D eigenvalue weighted by atomic mass is 16.5. The van der Waals surface area contributed by atoms with Crippen LogP contribution in [0.2, 0.25) is 0 Å². The molecule has 0 saturated heterocycles. The highest BCUT2D eigenvalue weighted by Gasteiger charge is 2.43. The van der Waals surface area contributed by atoms with E-state index in [1.807, 2.05) is 6.07 Å². The molecule has 4 rings (SSSR count). The Morgan fingerprint density at radius 2 is 2.04 bits per heavy atom. The van der Waals surface area contributed by atoms with E-state index in [4.69, 9.17) is 4.74 Å². The monoisotopic (exact) mass is 343 g/mol. The van der Waals surface area contributed by atoms with E-state index in [0.717, 1.165) is 44.3 Å². The van der Waals surface area contributed by atoms with E-state index >= 15 is 0 Å². The maximum absolute atomic E-state index is 9.28. The maximum Gasteiger partial charge on any atom is 0.0991 e. The van der Waals surface area contributed by atoms with Crippen LogP contribution in [0.5, 0.6) is 0 Å². The number of nitriles is 1. The summed E-state index contributed by atoms with van der Waals surface area (Å²) in [5, 5.41) is 9.28. The van der Waals surface area contributed by atoms with Gasteiger partial charge >= 0.3 is 0 Å². The van der Waals surface area contributed by atoms with Gasteiger partial charge in [0.2, 0.25) is 0 Å². The summed E-state index contributed by atoms with van der Waals surface area (Å²) >= 11 is 0. The van der Waals surface area contributed by atoms with Crippen LogP contribution >= 0.6 is 0 Å². The molecule has 0 amide bonds.